The molecule has 2 aromatic rings. The standard InChI is InChI=1S/C13H10ClFINO/c1-8-4-13(18)17(7-12(8)16)6-9-5-10(14)2-3-11(9)15/h2-5,7H,6H2,1H3. The normalized spacial score (nSPS) is 10.7. The Hall–Kier alpha value is -0.880. The summed E-state index contributed by atoms with van der Waals surface area (Å²) in [6.07, 6.45) is 1.72. The van der Waals surface area contributed by atoms with Crippen molar-refractivity contribution < 1.29 is 4.39 Å². The van der Waals surface area contributed by atoms with Gasteiger partial charge in [0.05, 0.1) is 6.54 Å². The van der Waals surface area contributed by atoms with Gasteiger partial charge in [-0.1, -0.05) is 11.6 Å². The van der Waals surface area contributed by atoms with Gasteiger partial charge in [-0.15, -0.1) is 0 Å². The van der Waals surface area contributed by atoms with Gasteiger partial charge in [-0.2, -0.15) is 0 Å². The summed E-state index contributed by atoms with van der Waals surface area (Å²) in [5.41, 5.74) is 1.18. The highest BCUT2D eigenvalue weighted by atomic mass is 127. The molecule has 0 amide bonds. The van der Waals surface area contributed by atoms with Gasteiger partial charge in [-0.25, -0.2) is 4.39 Å². The minimum Gasteiger partial charge on any atom is -0.310 e. The van der Waals surface area contributed by atoms with E-state index in [2.05, 4.69) is 22.6 Å². The van der Waals surface area contributed by atoms with Crippen molar-refractivity contribution in [2.24, 2.45) is 0 Å². The van der Waals surface area contributed by atoms with Crippen LogP contribution in [0.3, 0.4) is 0 Å². The van der Waals surface area contributed by atoms with E-state index in [1.54, 1.807) is 12.3 Å². The number of pyridine rings is 1. The van der Waals surface area contributed by atoms with Gasteiger partial charge < -0.3 is 4.57 Å². The fourth-order valence-corrected chi connectivity index (χ4v) is 2.30. The van der Waals surface area contributed by atoms with Crippen LogP contribution in [-0.2, 0) is 6.54 Å². The Morgan fingerprint density at radius 1 is 1.39 bits per heavy atom. The predicted octanol–water partition coefficient (Wildman–Crippen LogP) is 3.60. The van der Waals surface area contributed by atoms with Crippen LogP contribution in [0.1, 0.15) is 11.1 Å². The average Bonchev–Trinajstić information content (AvgIpc) is 2.30. The van der Waals surface area contributed by atoms with Crippen molar-refractivity contribution in [3.8, 4) is 0 Å². The zero-order chi connectivity index (χ0) is 13.3. The Kier molecular flexibility index (Phi) is 4.07. The molecule has 2 rings (SSSR count). The van der Waals surface area contributed by atoms with Crippen LogP contribution < -0.4 is 5.56 Å². The van der Waals surface area contributed by atoms with Crippen LogP contribution in [0.2, 0.25) is 5.02 Å². The molecular weight excluding hydrogens is 368 g/mol. The van der Waals surface area contributed by atoms with E-state index in [0.29, 0.717) is 10.6 Å². The lowest BCUT2D eigenvalue weighted by atomic mass is 10.2. The number of rotatable bonds is 2. The topological polar surface area (TPSA) is 22.0 Å². The van der Waals surface area contributed by atoms with Crippen LogP contribution in [0, 0.1) is 16.3 Å². The summed E-state index contributed by atoms with van der Waals surface area (Å²) in [7, 11) is 0. The second kappa shape index (κ2) is 5.40. The second-order valence-electron chi connectivity index (χ2n) is 4.01. The van der Waals surface area contributed by atoms with Crippen molar-refractivity contribution in [3.63, 3.8) is 0 Å². The molecule has 0 saturated heterocycles. The average molecular weight is 378 g/mol. The Morgan fingerprint density at radius 2 is 2.11 bits per heavy atom. The summed E-state index contributed by atoms with van der Waals surface area (Å²) in [5.74, 6) is -0.359. The van der Waals surface area contributed by atoms with Crippen molar-refractivity contribution in [2.75, 3.05) is 0 Å². The number of benzene rings is 1. The third-order valence-electron chi connectivity index (χ3n) is 2.62. The molecule has 0 saturated carbocycles. The molecule has 1 aromatic carbocycles. The molecule has 1 aromatic heterocycles. The third kappa shape index (κ3) is 2.92. The van der Waals surface area contributed by atoms with Crippen LogP contribution in [0.4, 0.5) is 4.39 Å². The summed E-state index contributed by atoms with van der Waals surface area (Å²) in [6.45, 7) is 2.05. The third-order valence-corrected chi connectivity index (χ3v) is 3.98. The predicted molar refractivity (Wildman–Crippen MR) is 78.7 cm³/mol. The van der Waals surface area contributed by atoms with Crippen LogP contribution in [0.25, 0.3) is 0 Å². The van der Waals surface area contributed by atoms with E-state index >= 15 is 0 Å². The largest absolute Gasteiger partial charge is 0.310 e. The van der Waals surface area contributed by atoms with Crippen LogP contribution in [0.5, 0.6) is 0 Å². The maximum atomic E-state index is 13.6. The van der Waals surface area contributed by atoms with Crippen molar-refractivity contribution in [1.29, 1.82) is 0 Å². The fourth-order valence-electron chi connectivity index (χ4n) is 1.61. The van der Waals surface area contributed by atoms with Gasteiger partial charge in [0.15, 0.2) is 0 Å². The Labute approximate surface area is 123 Å². The first-order valence-electron chi connectivity index (χ1n) is 5.28. The van der Waals surface area contributed by atoms with Gasteiger partial charge in [0, 0.05) is 26.4 Å². The van der Waals surface area contributed by atoms with Crippen molar-refractivity contribution >= 4 is 34.2 Å². The number of aromatic nitrogens is 1. The number of halogens is 3. The highest BCUT2D eigenvalue weighted by Crippen LogP contribution is 2.16. The summed E-state index contributed by atoms with van der Waals surface area (Å²) in [5, 5.41) is 0.459. The molecular formula is C13H10ClFINO. The number of hydrogen-bond acceptors (Lipinski definition) is 1. The molecule has 0 radical (unpaired) electrons. The molecule has 0 spiro atoms. The first-order valence-corrected chi connectivity index (χ1v) is 6.73. The van der Waals surface area contributed by atoms with E-state index in [1.165, 1.54) is 22.8 Å². The maximum absolute atomic E-state index is 13.6. The SMILES string of the molecule is Cc1cc(=O)n(Cc2cc(Cl)ccc2F)cc1I. The molecule has 0 bridgehead atoms. The number of hydrogen-bond donors (Lipinski definition) is 0. The van der Waals surface area contributed by atoms with Crippen molar-refractivity contribution in [1.82, 2.24) is 4.57 Å². The summed E-state index contributed by atoms with van der Waals surface area (Å²) in [4.78, 5) is 11.8. The molecule has 94 valence electrons. The molecule has 0 atom stereocenters. The van der Waals surface area contributed by atoms with Gasteiger partial charge in [0.2, 0.25) is 0 Å². The van der Waals surface area contributed by atoms with Gasteiger partial charge in [0.25, 0.3) is 5.56 Å². The van der Waals surface area contributed by atoms with E-state index in [0.717, 1.165) is 9.13 Å². The van der Waals surface area contributed by atoms with E-state index in [9.17, 15) is 9.18 Å². The molecule has 0 aliphatic rings. The Balaban J connectivity index is 2.43. The number of aryl methyl sites for hydroxylation is 1. The van der Waals surface area contributed by atoms with E-state index in [1.807, 2.05) is 6.92 Å². The summed E-state index contributed by atoms with van der Waals surface area (Å²) >= 11 is 7.97. The minimum absolute atomic E-state index is 0.146. The molecule has 1 heterocycles. The highest BCUT2D eigenvalue weighted by Gasteiger charge is 2.06. The van der Waals surface area contributed by atoms with Crippen LogP contribution >= 0.6 is 34.2 Å². The molecule has 5 heteroatoms. The number of nitrogens with zero attached hydrogens (tertiary/aromatic N) is 1. The Bertz CT molecular complexity index is 654. The molecule has 0 N–H and O–H groups in total. The van der Waals surface area contributed by atoms with E-state index in [4.69, 9.17) is 11.6 Å². The minimum atomic E-state index is -0.359. The molecule has 0 unspecified atom stereocenters. The lowest BCUT2D eigenvalue weighted by Gasteiger charge is -2.09. The van der Waals surface area contributed by atoms with Gasteiger partial charge in [-0.3, -0.25) is 4.79 Å². The first kappa shape index (κ1) is 13.5. The quantitative estimate of drug-likeness (QED) is 0.733. The zero-order valence-electron chi connectivity index (χ0n) is 9.58. The van der Waals surface area contributed by atoms with Crippen molar-refractivity contribution in [3.05, 3.63) is 66.4 Å². The van der Waals surface area contributed by atoms with E-state index in [-0.39, 0.29) is 17.9 Å². The van der Waals surface area contributed by atoms with Gasteiger partial charge in [0.1, 0.15) is 5.82 Å². The van der Waals surface area contributed by atoms with Crippen LogP contribution in [0.15, 0.2) is 35.3 Å². The smallest absolute Gasteiger partial charge is 0.251 e. The van der Waals surface area contributed by atoms with Crippen molar-refractivity contribution in [2.45, 2.75) is 13.5 Å². The molecule has 0 fully saturated rings. The fraction of sp³-hybridized carbons (Fsp3) is 0.154. The molecule has 2 nitrogen and oxygen atoms in total. The zero-order valence-corrected chi connectivity index (χ0v) is 12.5. The molecule has 0 aliphatic heterocycles. The highest BCUT2D eigenvalue weighted by molar-refractivity contribution is 14.1. The first-order chi connectivity index (χ1) is 8.47. The molecule has 18 heavy (non-hydrogen) atoms. The Morgan fingerprint density at radius 3 is 2.83 bits per heavy atom. The summed E-state index contributed by atoms with van der Waals surface area (Å²) in [6, 6.07) is 5.88. The molecule has 0 aliphatic carbocycles. The van der Waals surface area contributed by atoms with Crippen LogP contribution in [-0.4, -0.2) is 4.57 Å². The van der Waals surface area contributed by atoms with Gasteiger partial charge in [-0.05, 0) is 53.3 Å². The monoisotopic (exact) mass is 377 g/mol. The maximum Gasteiger partial charge on any atom is 0.251 e. The lowest BCUT2D eigenvalue weighted by Crippen LogP contribution is -2.21. The lowest BCUT2D eigenvalue weighted by molar-refractivity contribution is 0.596. The van der Waals surface area contributed by atoms with Gasteiger partial charge >= 0.3 is 0 Å². The second-order valence-corrected chi connectivity index (χ2v) is 5.60. The van der Waals surface area contributed by atoms with E-state index < -0.39 is 0 Å². The summed E-state index contributed by atoms with van der Waals surface area (Å²) < 4.78 is 16.0.